The zero-order valence-corrected chi connectivity index (χ0v) is 35.3. The molecule has 1 aromatic carbocycles. The van der Waals surface area contributed by atoms with E-state index in [0.29, 0.717) is 47.3 Å². The highest BCUT2D eigenvalue weighted by Gasteiger charge is 2.43. The van der Waals surface area contributed by atoms with E-state index < -0.39 is 95.9 Å². The minimum atomic E-state index is -1.60. The van der Waals surface area contributed by atoms with E-state index in [0.717, 1.165) is 16.7 Å². The van der Waals surface area contributed by atoms with Crippen LogP contribution in [0.1, 0.15) is 72.3 Å². The van der Waals surface area contributed by atoms with Gasteiger partial charge < -0.3 is 57.3 Å². The van der Waals surface area contributed by atoms with Crippen molar-refractivity contribution in [3.8, 4) is 0 Å². The monoisotopic (exact) mass is 855 g/mol. The van der Waals surface area contributed by atoms with Crippen molar-refractivity contribution >= 4 is 69.9 Å². The smallest absolute Gasteiger partial charge is 0.246 e. The van der Waals surface area contributed by atoms with Crippen molar-refractivity contribution in [2.24, 2.45) is 5.92 Å². The van der Waals surface area contributed by atoms with Gasteiger partial charge >= 0.3 is 0 Å². The van der Waals surface area contributed by atoms with Crippen LogP contribution in [0, 0.1) is 5.92 Å². The SMILES string of the molecule is CC(C)CC(=O)NCCCC[C@@H]1NC(=O)[C@@H]2Cc3c([nH]c4ccccc34)SC[C@H](NC(=O)[C@@H]([C@H](C)O)NC(=O)[C@H](C)NC1=O)C(=O)N1C[C@@H](O)C[C@H]1C(=O)N[C@@H](C)C(=O)N2. The largest absolute Gasteiger partial charge is 0.391 e. The molecular formula is C40H57N9O10S. The number of hydrogen-bond donors (Lipinski definition) is 10. The summed E-state index contributed by atoms with van der Waals surface area (Å²) >= 11 is 1.13. The number of fused-ring (bicyclic) bond motifs is 5. The molecule has 8 amide bonds. The standard InChI is InChI=1S/C40H57N9O10S/c1-19(2)14-31(52)41-13-9-8-12-27-35(55)42-21(4)34(54)48-32(22(5)50)38(58)46-29-18-60-39-25(24-10-6-7-11-26(24)47-39)16-28(36(56)44-27)45-33(53)20(3)43-37(57)30-15-23(51)17-49(30)40(29)59/h6-7,10-11,19-23,27-30,32,47,50-51H,8-9,12-18H2,1-5H3,(H,41,52)(H,42,55)(H,43,57)(H,44,56)(H,45,53)(H,46,58)(H,48,54)/t20-,21-,22-,23-,27-,28-,29-,30-,32+/m0/s1. The van der Waals surface area contributed by atoms with Crippen LogP contribution < -0.4 is 37.2 Å². The highest BCUT2D eigenvalue weighted by molar-refractivity contribution is 7.99. The number of nitrogens with zero attached hydrogens (tertiary/aromatic N) is 1. The maximum Gasteiger partial charge on any atom is 0.246 e. The van der Waals surface area contributed by atoms with Crippen LogP contribution in [0.15, 0.2) is 29.3 Å². The van der Waals surface area contributed by atoms with Gasteiger partial charge in [-0.25, -0.2) is 0 Å². The number of amides is 8. The Balaban J connectivity index is 1.58. The van der Waals surface area contributed by atoms with Gasteiger partial charge in [0.1, 0.15) is 42.3 Å². The lowest BCUT2D eigenvalue weighted by molar-refractivity contribution is -0.142. The molecule has 9 atom stereocenters. The number of nitrogens with one attached hydrogen (secondary N) is 8. The number of benzene rings is 1. The number of aromatic nitrogens is 1. The van der Waals surface area contributed by atoms with Gasteiger partial charge in [0, 0.05) is 49.0 Å². The van der Waals surface area contributed by atoms with Gasteiger partial charge in [0.2, 0.25) is 47.3 Å². The minimum Gasteiger partial charge on any atom is -0.391 e. The number of rotatable bonds is 8. The summed E-state index contributed by atoms with van der Waals surface area (Å²) in [5, 5.41) is 41.2. The Bertz CT molecular complexity index is 1960. The Morgan fingerprint density at radius 1 is 0.833 bits per heavy atom. The van der Waals surface area contributed by atoms with Crippen LogP contribution in [-0.4, -0.2) is 141 Å². The number of H-pyrrole nitrogens is 1. The highest BCUT2D eigenvalue weighted by atomic mass is 32.2. The van der Waals surface area contributed by atoms with Crippen LogP contribution in [0.4, 0.5) is 0 Å². The summed E-state index contributed by atoms with van der Waals surface area (Å²) in [5.74, 6) is -5.58. The number of para-hydroxylation sites is 1. The number of aliphatic hydroxyl groups is 2. The van der Waals surface area contributed by atoms with Gasteiger partial charge in [-0.15, -0.1) is 11.8 Å². The third-order valence-electron chi connectivity index (χ3n) is 10.7. The molecule has 2 aromatic rings. The molecule has 20 heteroatoms. The topological polar surface area (TPSA) is 280 Å². The van der Waals surface area contributed by atoms with Gasteiger partial charge in [-0.1, -0.05) is 32.0 Å². The summed E-state index contributed by atoms with van der Waals surface area (Å²) in [7, 11) is 0. The number of thioether (sulfide) groups is 1. The van der Waals surface area contributed by atoms with Crippen LogP contribution in [0.25, 0.3) is 10.9 Å². The number of hydrogen-bond acceptors (Lipinski definition) is 11. The second-order valence-corrected chi connectivity index (χ2v) is 17.2. The van der Waals surface area contributed by atoms with Crippen molar-refractivity contribution in [3.05, 3.63) is 29.8 Å². The maximum absolute atomic E-state index is 14.4. The molecule has 10 N–H and O–H groups in total. The lowest BCUT2D eigenvalue weighted by atomic mass is 10.0. The Kier molecular flexibility index (Phi) is 15.6. The van der Waals surface area contributed by atoms with E-state index in [9.17, 15) is 48.6 Å². The molecule has 60 heavy (non-hydrogen) atoms. The predicted octanol–water partition coefficient (Wildman–Crippen LogP) is -1.55. The van der Waals surface area contributed by atoms with Crippen LogP contribution in [0.3, 0.4) is 0 Å². The van der Waals surface area contributed by atoms with Crippen LogP contribution in [0.5, 0.6) is 0 Å². The van der Waals surface area contributed by atoms with Crippen LogP contribution in [-0.2, 0) is 44.8 Å². The second-order valence-electron chi connectivity index (χ2n) is 16.2. The molecule has 5 rings (SSSR count). The fourth-order valence-electron chi connectivity index (χ4n) is 7.44. The van der Waals surface area contributed by atoms with E-state index in [1.54, 1.807) is 12.1 Å². The van der Waals surface area contributed by atoms with Gasteiger partial charge in [0.05, 0.1) is 17.2 Å². The molecule has 0 unspecified atom stereocenters. The number of unbranched alkanes of at least 4 members (excludes halogenated alkanes) is 1. The third kappa shape index (κ3) is 11.5. The van der Waals surface area contributed by atoms with Gasteiger partial charge in [0.15, 0.2) is 0 Å². The Morgan fingerprint density at radius 2 is 1.50 bits per heavy atom. The van der Waals surface area contributed by atoms with Crippen molar-refractivity contribution in [1.82, 2.24) is 47.1 Å². The van der Waals surface area contributed by atoms with Gasteiger partial charge in [-0.2, -0.15) is 0 Å². The highest BCUT2D eigenvalue weighted by Crippen LogP contribution is 2.32. The first-order chi connectivity index (χ1) is 28.4. The molecule has 2 bridgehead atoms. The minimum absolute atomic E-state index is 0.0745. The van der Waals surface area contributed by atoms with E-state index in [4.69, 9.17) is 0 Å². The molecule has 0 saturated carbocycles. The Labute approximate surface area is 352 Å². The molecule has 19 nitrogen and oxygen atoms in total. The fraction of sp³-hybridized carbons (Fsp3) is 0.600. The van der Waals surface area contributed by atoms with E-state index in [1.165, 1.54) is 20.8 Å². The molecule has 3 aliphatic heterocycles. The van der Waals surface area contributed by atoms with Crippen molar-refractivity contribution in [2.75, 3.05) is 18.8 Å². The predicted molar refractivity (Wildman–Crippen MR) is 220 cm³/mol. The normalized spacial score (nSPS) is 28.1. The van der Waals surface area contributed by atoms with Crippen molar-refractivity contribution in [1.29, 1.82) is 0 Å². The molecule has 328 valence electrons. The average molecular weight is 856 g/mol. The lowest BCUT2D eigenvalue weighted by Gasteiger charge is -2.30. The summed E-state index contributed by atoms with van der Waals surface area (Å²) in [5.41, 5.74) is 1.25. The fourth-order valence-corrected chi connectivity index (χ4v) is 8.55. The first-order valence-electron chi connectivity index (χ1n) is 20.4. The second kappa shape index (κ2) is 20.4. The molecule has 1 saturated heterocycles. The summed E-state index contributed by atoms with van der Waals surface area (Å²) in [6, 6.07) is -2.05. The summed E-state index contributed by atoms with van der Waals surface area (Å²) < 4.78 is 0. The summed E-state index contributed by atoms with van der Waals surface area (Å²) in [6.07, 6.45) is -1.61. The number of aromatic amines is 1. The lowest BCUT2D eigenvalue weighted by Crippen LogP contribution is -2.61. The zero-order valence-electron chi connectivity index (χ0n) is 34.5. The molecule has 3 aliphatic rings. The van der Waals surface area contributed by atoms with Gasteiger partial charge in [-0.05, 0) is 57.6 Å². The molecule has 1 fully saturated rings. The molecule has 0 radical (unpaired) electrons. The summed E-state index contributed by atoms with van der Waals surface area (Å²) in [6.45, 7) is 7.95. The maximum atomic E-state index is 14.4. The van der Waals surface area contributed by atoms with E-state index in [1.807, 2.05) is 26.0 Å². The van der Waals surface area contributed by atoms with Crippen molar-refractivity contribution < 1.29 is 48.6 Å². The molecule has 1 aromatic heterocycles. The van der Waals surface area contributed by atoms with Crippen molar-refractivity contribution in [3.63, 3.8) is 0 Å². The number of carbonyl (C=O) groups excluding carboxylic acids is 8. The van der Waals surface area contributed by atoms with E-state index >= 15 is 0 Å². The first kappa shape index (κ1) is 45.9. The van der Waals surface area contributed by atoms with Crippen molar-refractivity contribution in [2.45, 2.75) is 133 Å². The third-order valence-corrected chi connectivity index (χ3v) is 11.9. The first-order valence-corrected chi connectivity index (χ1v) is 21.4. The Morgan fingerprint density at radius 3 is 2.20 bits per heavy atom. The number of carbonyl (C=O) groups is 8. The molecule has 4 heterocycles. The number of aliphatic hydroxyl groups excluding tert-OH is 2. The molecule has 0 spiro atoms. The van der Waals surface area contributed by atoms with Crippen LogP contribution >= 0.6 is 11.8 Å². The van der Waals surface area contributed by atoms with E-state index in [-0.39, 0.29) is 43.4 Å². The average Bonchev–Trinajstić information content (AvgIpc) is 3.75. The quantitative estimate of drug-likeness (QED) is 0.136. The Hall–Kier alpha value is -5.21. The zero-order chi connectivity index (χ0) is 43.8. The van der Waals surface area contributed by atoms with Gasteiger partial charge in [-0.3, -0.25) is 38.4 Å². The van der Waals surface area contributed by atoms with Gasteiger partial charge in [0.25, 0.3) is 0 Å². The van der Waals surface area contributed by atoms with Crippen LogP contribution in [0.2, 0.25) is 0 Å². The molecular weight excluding hydrogens is 799 g/mol. The molecule has 0 aliphatic carbocycles. The summed E-state index contributed by atoms with van der Waals surface area (Å²) in [4.78, 5) is 114. The van der Waals surface area contributed by atoms with E-state index in [2.05, 4.69) is 42.2 Å².